The molecule has 0 saturated carbocycles. The van der Waals surface area contributed by atoms with Crippen LogP contribution in [0.4, 0.5) is 0 Å². The third kappa shape index (κ3) is 3.19. The summed E-state index contributed by atoms with van der Waals surface area (Å²) in [6.07, 6.45) is 1.60. The molecule has 1 amide bonds. The zero-order chi connectivity index (χ0) is 13.8. The molecule has 1 atom stereocenters. The van der Waals surface area contributed by atoms with E-state index in [1.54, 1.807) is 13.0 Å². The van der Waals surface area contributed by atoms with Crippen LogP contribution in [0.1, 0.15) is 25.3 Å². The number of carbonyl (C=O) groups excluding carboxylic acids is 1. The highest BCUT2D eigenvalue weighted by atomic mass is 35.5. The van der Waals surface area contributed by atoms with Crippen molar-refractivity contribution < 1.29 is 9.53 Å². The van der Waals surface area contributed by atoms with Gasteiger partial charge in [-0.25, -0.2) is 0 Å². The molecule has 0 bridgehead atoms. The Bertz CT molecular complexity index is 459. The van der Waals surface area contributed by atoms with Crippen LogP contribution in [-0.2, 0) is 11.3 Å². The second kappa shape index (κ2) is 6.26. The fourth-order valence-electron chi connectivity index (χ4n) is 2.27. The topological polar surface area (TPSA) is 55.6 Å². The van der Waals surface area contributed by atoms with Crippen LogP contribution in [0, 0.1) is 0 Å². The van der Waals surface area contributed by atoms with Crippen LogP contribution >= 0.6 is 11.6 Å². The van der Waals surface area contributed by atoms with E-state index in [9.17, 15) is 4.79 Å². The molecule has 5 heteroatoms. The molecule has 4 nitrogen and oxygen atoms in total. The molecule has 1 aliphatic rings. The SMILES string of the molecule is CC(Oc1c(Cl)cccc1CN)C(=O)N1CCCC1. The summed E-state index contributed by atoms with van der Waals surface area (Å²) in [6, 6.07) is 5.42. The van der Waals surface area contributed by atoms with Crippen LogP contribution in [0.3, 0.4) is 0 Å². The lowest BCUT2D eigenvalue weighted by Gasteiger charge is -2.22. The zero-order valence-electron chi connectivity index (χ0n) is 11.1. The minimum Gasteiger partial charge on any atom is -0.479 e. The normalized spacial score (nSPS) is 16.5. The van der Waals surface area contributed by atoms with Crippen molar-refractivity contribution in [2.75, 3.05) is 13.1 Å². The summed E-state index contributed by atoms with van der Waals surface area (Å²) in [5.74, 6) is 0.534. The predicted molar refractivity (Wildman–Crippen MR) is 75.2 cm³/mol. The number of nitrogens with zero attached hydrogens (tertiary/aromatic N) is 1. The van der Waals surface area contributed by atoms with Crippen molar-refractivity contribution in [2.45, 2.75) is 32.4 Å². The number of hydrogen-bond acceptors (Lipinski definition) is 3. The summed E-state index contributed by atoms with van der Waals surface area (Å²) >= 11 is 6.11. The molecular formula is C14H19ClN2O2. The number of rotatable bonds is 4. The highest BCUT2D eigenvalue weighted by Gasteiger charge is 2.25. The van der Waals surface area contributed by atoms with Crippen molar-refractivity contribution >= 4 is 17.5 Å². The molecule has 1 fully saturated rings. The van der Waals surface area contributed by atoms with Gasteiger partial charge in [0.2, 0.25) is 0 Å². The van der Waals surface area contributed by atoms with Crippen LogP contribution in [0.2, 0.25) is 5.02 Å². The fourth-order valence-corrected chi connectivity index (χ4v) is 2.51. The number of para-hydroxylation sites is 1. The number of amides is 1. The maximum atomic E-state index is 12.2. The first-order chi connectivity index (χ1) is 9.13. The van der Waals surface area contributed by atoms with E-state index in [4.69, 9.17) is 22.1 Å². The van der Waals surface area contributed by atoms with Gasteiger partial charge in [-0.2, -0.15) is 0 Å². The van der Waals surface area contributed by atoms with E-state index >= 15 is 0 Å². The molecule has 0 aromatic heterocycles. The Hall–Kier alpha value is -1.26. The van der Waals surface area contributed by atoms with Crippen molar-refractivity contribution in [3.8, 4) is 5.75 Å². The van der Waals surface area contributed by atoms with Gasteiger partial charge >= 0.3 is 0 Å². The van der Waals surface area contributed by atoms with Gasteiger partial charge in [0.15, 0.2) is 6.10 Å². The molecule has 1 heterocycles. The average Bonchev–Trinajstić information content (AvgIpc) is 2.94. The van der Waals surface area contributed by atoms with Crippen molar-refractivity contribution in [3.05, 3.63) is 28.8 Å². The molecule has 1 unspecified atom stereocenters. The Kier molecular flexibility index (Phi) is 4.66. The van der Waals surface area contributed by atoms with E-state index in [1.165, 1.54) is 0 Å². The largest absolute Gasteiger partial charge is 0.479 e. The number of halogens is 1. The number of hydrogen-bond donors (Lipinski definition) is 1. The summed E-state index contributed by atoms with van der Waals surface area (Å²) < 4.78 is 5.74. The second-order valence-corrected chi connectivity index (χ2v) is 5.13. The zero-order valence-corrected chi connectivity index (χ0v) is 11.8. The van der Waals surface area contributed by atoms with E-state index in [2.05, 4.69) is 0 Å². The van der Waals surface area contributed by atoms with E-state index in [0.29, 0.717) is 17.3 Å². The van der Waals surface area contributed by atoms with Crippen LogP contribution in [0.25, 0.3) is 0 Å². The second-order valence-electron chi connectivity index (χ2n) is 4.72. The Morgan fingerprint density at radius 1 is 1.47 bits per heavy atom. The van der Waals surface area contributed by atoms with Gasteiger partial charge in [0, 0.05) is 25.2 Å². The first-order valence-corrected chi connectivity index (χ1v) is 6.94. The first-order valence-electron chi connectivity index (χ1n) is 6.56. The van der Waals surface area contributed by atoms with Gasteiger partial charge in [0.25, 0.3) is 5.91 Å². The molecule has 1 aromatic carbocycles. The van der Waals surface area contributed by atoms with Crippen LogP contribution < -0.4 is 10.5 Å². The highest BCUT2D eigenvalue weighted by molar-refractivity contribution is 6.32. The fraction of sp³-hybridized carbons (Fsp3) is 0.500. The summed E-state index contributed by atoms with van der Waals surface area (Å²) in [4.78, 5) is 14.0. The smallest absolute Gasteiger partial charge is 0.263 e. The van der Waals surface area contributed by atoms with Gasteiger partial charge in [0.1, 0.15) is 5.75 Å². The maximum absolute atomic E-state index is 12.2. The molecule has 0 spiro atoms. The maximum Gasteiger partial charge on any atom is 0.263 e. The molecule has 2 N–H and O–H groups in total. The molecule has 1 saturated heterocycles. The Labute approximate surface area is 118 Å². The minimum absolute atomic E-state index is 0.0143. The lowest BCUT2D eigenvalue weighted by atomic mass is 10.2. The predicted octanol–water partition coefficient (Wildman–Crippen LogP) is 2.19. The van der Waals surface area contributed by atoms with Crippen molar-refractivity contribution in [1.82, 2.24) is 4.90 Å². The van der Waals surface area contributed by atoms with Crippen LogP contribution in [0.5, 0.6) is 5.75 Å². The number of carbonyl (C=O) groups is 1. The molecule has 1 aromatic rings. The summed E-state index contributed by atoms with van der Waals surface area (Å²) in [5, 5.41) is 0.490. The Balaban J connectivity index is 2.09. The monoisotopic (exact) mass is 282 g/mol. The third-order valence-corrected chi connectivity index (χ3v) is 3.63. The van der Waals surface area contributed by atoms with Gasteiger partial charge in [-0.3, -0.25) is 4.79 Å². The van der Waals surface area contributed by atoms with Gasteiger partial charge in [0.05, 0.1) is 5.02 Å². The molecule has 0 radical (unpaired) electrons. The third-order valence-electron chi connectivity index (χ3n) is 3.33. The van der Waals surface area contributed by atoms with Crippen molar-refractivity contribution in [1.29, 1.82) is 0 Å². The highest BCUT2D eigenvalue weighted by Crippen LogP contribution is 2.29. The van der Waals surface area contributed by atoms with Gasteiger partial charge < -0.3 is 15.4 Å². The Morgan fingerprint density at radius 3 is 2.79 bits per heavy atom. The summed E-state index contributed by atoms with van der Waals surface area (Å²) in [5.41, 5.74) is 6.47. The van der Waals surface area contributed by atoms with Gasteiger partial charge in [-0.05, 0) is 25.8 Å². The van der Waals surface area contributed by atoms with Crippen LogP contribution in [0.15, 0.2) is 18.2 Å². The quantitative estimate of drug-likeness (QED) is 0.921. The number of ether oxygens (including phenoxy) is 1. The Morgan fingerprint density at radius 2 is 2.16 bits per heavy atom. The lowest BCUT2D eigenvalue weighted by Crippen LogP contribution is -2.38. The number of benzene rings is 1. The standard InChI is InChI=1S/C14H19ClN2O2/c1-10(14(18)17-7-2-3-8-17)19-13-11(9-16)5-4-6-12(13)15/h4-6,10H,2-3,7-9,16H2,1H3. The van der Waals surface area contributed by atoms with E-state index in [-0.39, 0.29) is 5.91 Å². The molecule has 0 aliphatic carbocycles. The van der Waals surface area contributed by atoms with Crippen LogP contribution in [-0.4, -0.2) is 30.0 Å². The molecule has 2 rings (SSSR count). The van der Waals surface area contributed by atoms with Crippen molar-refractivity contribution in [2.24, 2.45) is 5.73 Å². The van der Waals surface area contributed by atoms with E-state index in [1.807, 2.05) is 17.0 Å². The number of likely N-dealkylation sites (tertiary alicyclic amines) is 1. The minimum atomic E-state index is -0.539. The van der Waals surface area contributed by atoms with E-state index in [0.717, 1.165) is 31.5 Å². The van der Waals surface area contributed by atoms with E-state index < -0.39 is 6.10 Å². The molecule has 104 valence electrons. The molecule has 19 heavy (non-hydrogen) atoms. The lowest BCUT2D eigenvalue weighted by molar-refractivity contribution is -0.136. The first kappa shape index (κ1) is 14.2. The molecular weight excluding hydrogens is 264 g/mol. The van der Waals surface area contributed by atoms with Gasteiger partial charge in [-0.15, -0.1) is 0 Å². The average molecular weight is 283 g/mol. The summed E-state index contributed by atoms with van der Waals surface area (Å²) in [6.45, 7) is 3.72. The van der Waals surface area contributed by atoms with Gasteiger partial charge in [-0.1, -0.05) is 23.7 Å². The number of nitrogens with two attached hydrogens (primary N) is 1. The summed E-state index contributed by atoms with van der Waals surface area (Å²) in [7, 11) is 0. The molecule has 1 aliphatic heterocycles. The van der Waals surface area contributed by atoms with Crippen molar-refractivity contribution in [3.63, 3.8) is 0 Å².